The molecule has 0 amide bonds. The highest BCUT2D eigenvalue weighted by Crippen LogP contribution is 2.19. The monoisotopic (exact) mass is 277 g/mol. The molecule has 4 nitrogen and oxygen atoms in total. The van der Waals surface area contributed by atoms with Crippen LogP contribution in [0.2, 0.25) is 0 Å². The van der Waals surface area contributed by atoms with E-state index in [1.165, 1.54) is 5.56 Å². The number of rotatable bonds is 6. The van der Waals surface area contributed by atoms with Gasteiger partial charge in [0.05, 0.1) is 6.10 Å². The molecule has 1 aromatic carbocycles. The molecule has 0 spiro atoms. The van der Waals surface area contributed by atoms with Crippen LogP contribution in [0.5, 0.6) is 0 Å². The van der Waals surface area contributed by atoms with Gasteiger partial charge < -0.3 is 15.7 Å². The molecule has 20 heavy (non-hydrogen) atoms. The third kappa shape index (κ3) is 4.47. The highest BCUT2D eigenvalue weighted by molar-refractivity contribution is 5.39. The Bertz CT molecular complexity index is 405. The van der Waals surface area contributed by atoms with Crippen LogP contribution < -0.4 is 5.73 Å². The van der Waals surface area contributed by atoms with Crippen LogP contribution in [0, 0.1) is 0 Å². The Labute approximate surface area is 122 Å². The predicted octanol–water partition coefficient (Wildman–Crippen LogP) is 1.20. The van der Waals surface area contributed by atoms with Gasteiger partial charge in [0.15, 0.2) is 0 Å². The highest BCUT2D eigenvalue weighted by Gasteiger charge is 2.30. The van der Waals surface area contributed by atoms with Gasteiger partial charge in [-0.25, -0.2) is 0 Å². The second-order valence-electron chi connectivity index (χ2n) is 6.15. The van der Waals surface area contributed by atoms with Crippen molar-refractivity contribution >= 4 is 5.69 Å². The van der Waals surface area contributed by atoms with Gasteiger partial charge in [0.2, 0.25) is 0 Å². The summed E-state index contributed by atoms with van der Waals surface area (Å²) in [7, 11) is 4.19. The largest absolute Gasteiger partial charge is 0.399 e. The summed E-state index contributed by atoms with van der Waals surface area (Å²) in [5, 5.41) is 9.86. The molecule has 3 N–H and O–H groups in total. The maximum absolute atomic E-state index is 9.86. The molecule has 1 aromatic rings. The molecule has 1 fully saturated rings. The lowest BCUT2D eigenvalue weighted by Gasteiger charge is -2.26. The molecule has 4 heteroatoms. The Kier molecular flexibility index (Phi) is 5.40. The van der Waals surface area contributed by atoms with E-state index in [1.807, 2.05) is 12.1 Å². The Hall–Kier alpha value is -1.10. The van der Waals surface area contributed by atoms with Crippen LogP contribution >= 0.6 is 0 Å². The number of nitrogens with two attached hydrogens (primary N) is 1. The van der Waals surface area contributed by atoms with Crippen molar-refractivity contribution in [1.29, 1.82) is 0 Å². The molecule has 2 rings (SSSR count). The van der Waals surface area contributed by atoms with Gasteiger partial charge in [-0.15, -0.1) is 0 Å². The maximum atomic E-state index is 9.86. The number of aliphatic hydroxyl groups excluding tert-OH is 1. The second kappa shape index (κ2) is 7.07. The molecule has 2 atom stereocenters. The van der Waals surface area contributed by atoms with Gasteiger partial charge in [0, 0.05) is 24.8 Å². The fourth-order valence-corrected chi connectivity index (χ4v) is 3.01. The number of nitrogen functional groups attached to an aromatic ring is 1. The molecule has 0 aromatic heterocycles. The Balaban J connectivity index is 1.78. The van der Waals surface area contributed by atoms with Gasteiger partial charge in [0.25, 0.3) is 0 Å². The molecule has 0 radical (unpaired) electrons. The average molecular weight is 277 g/mol. The molecule has 112 valence electrons. The summed E-state index contributed by atoms with van der Waals surface area (Å²) in [6.45, 7) is 2.90. The predicted molar refractivity (Wildman–Crippen MR) is 83.7 cm³/mol. The molecule has 1 aliphatic rings. The van der Waals surface area contributed by atoms with Crippen molar-refractivity contribution in [2.24, 2.45) is 0 Å². The molecule has 0 bridgehead atoms. The zero-order valence-electron chi connectivity index (χ0n) is 12.6. The van der Waals surface area contributed by atoms with Crippen molar-refractivity contribution in [3.05, 3.63) is 29.8 Å². The number of hydrogen-bond acceptors (Lipinski definition) is 4. The van der Waals surface area contributed by atoms with Crippen LogP contribution in [0.25, 0.3) is 0 Å². The van der Waals surface area contributed by atoms with Crippen molar-refractivity contribution in [2.45, 2.75) is 31.4 Å². The molecule has 1 aliphatic heterocycles. The first-order chi connectivity index (χ1) is 9.54. The van der Waals surface area contributed by atoms with E-state index < -0.39 is 0 Å². The van der Waals surface area contributed by atoms with Crippen LogP contribution in [-0.4, -0.2) is 60.8 Å². The summed E-state index contributed by atoms with van der Waals surface area (Å²) in [5.41, 5.74) is 7.85. The van der Waals surface area contributed by atoms with Crippen LogP contribution in [0.1, 0.15) is 18.4 Å². The number of likely N-dealkylation sites (tertiary alicyclic amines) is 1. The number of likely N-dealkylation sites (N-methyl/N-ethyl adjacent to an activating group) is 1. The Morgan fingerprint density at radius 1 is 1.30 bits per heavy atom. The summed E-state index contributed by atoms with van der Waals surface area (Å²) in [6.07, 6.45) is 2.94. The lowest BCUT2D eigenvalue weighted by atomic mass is 10.1. The van der Waals surface area contributed by atoms with Gasteiger partial charge in [-0.2, -0.15) is 0 Å². The van der Waals surface area contributed by atoms with Gasteiger partial charge in [0.1, 0.15) is 0 Å². The smallest absolute Gasteiger partial charge is 0.0682 e. The minimum atomic E-state index is -0.156. The molecule has 0 saturated carbocycles. The molecular formula is C16H27N3O. The average Bonchev–Trinajstić information content (AvgIpc) is 2.71. The fraction of sp³-hybridized carbons (Fsp3) is 0.625. The van der Waals surface area contributed by atoms with Gasteiger partial charge in [-0.1, -0.05) is 12.1 Å². The molecular weight excluding hydrogens is 250 g/mol. The van der Waals surface area contributed by atoms with Gasteiger partial charge >= 0.3 is 0 Å². The van der Waals surface area contributed by atoms with E-state index in [0.717, 1.165) is 44.6 Å². The number of β-amino-alcohol motifs (C(OH)–C–C–N with tert-alkyl or cyclic N) is 1. The molecule has 0 aliphatic carbocycles. The van der Waals surface area contributed by atoms with Crippen LogP contribution in [-0.2, 0) is 6.42 Å². The van der Waals surface area contributed by atoms with Crippen molar-refractivity contribution in [3.63, 3.8) is 0 Å². The third-order valence-electron chi connectivity index (χ3n) is 3.97. The SMILES string of the molecule is CN(C)CC1CC(O)CN1CCCc1ccc(N)cc1. The number of hydrogen-bond donors (Lipinski definition) is 2. The Morgan fingerprint density at radius 3 is 2.65 bits per heavy atom. The first kappa shape index (κ1) is 15.3. The molecule has 2 unspecified atom stereocenters. The number of benzene rings is 1. The summed E-state index contributed by atoms with van der Waals surface area (Å²) in [4.78, 5) is 4.64. The van der Waals surface area contributed by atoms with Crippen LogP contribution in [0.4, 0.5) is 5.69 Å². The standard InChI is InChI=1S/C16H27N3O/c1-18(2)11-15-10-16(20)12-19(15)9-3-4-13-5-7-14(17)8-6-13/h5-8,15-16,20H,3-4,9-12,17H2,1-2H3. The van der Waals surface area contributed by atoms with E-state index in [9.17, 15) is 5.11 Å². The first-order valence-electron chi connectivity index (χ1n) is 7.46. The normalized spacial score (nSPS) is 23.6. The topological polar surface area (TPSA) is 52.7 Å². The number of aliphatic hydroxyl groups is 1. The summed E-state index contributed by atoms with van der Waals surface area (Å²) in [6, 6.07) is 8.62. The van der Waals surface area contributed by atoms with Crippen molar-refractivity contribution in [1.82, 2.24) is 9.80 Å². The lowest BCUT2D eigenvalue weighted by molar-refractivity contribution is 0.172. The van der Waals surface area contributed by atoms with E-state index in [2.05, 4.69) is 36.0 Å². The number of nitrogens with zero attached hydrogens (tertiary/aromatic N) is 2. The maximum Gasteiger partial charge on any atom is 0.0682 e. The van der Waals surface area contributed by atoms with Crippen LogP contribution in [0.3, 0.4) is 0 Å². The summed E-state index contributed by atoms with van der Waals surface area (Å²) >= 11 is 0. The highest BCUT2D eigenvalue weighted by atomic mass is 16.3. The fourth-order valence-electron chi connectivity index (χ4n) is 3.01. The van der Waals surface area contributed by atoms with Crippen LogP contribution in [0.15, 0.2) is 24.3 Å². The minimum Gasteiger partial charge on any atom is -0.399 e. The van der Waals surface area contributed by atoms with Crippen molar-refractivity contribution < 1.29 is 5.11 Å². The minimum absolute atomic E-state index is 0.156. The van der Waals surface area contributed by atoms with E-state index in [0.29, 0.717) is 6.04 Å². The van der Waals surface area contributed by atoms with E-state index in [4.69, 9.17) is 5.73 Å². The third-order valence-corrected chi connectivity index (χ3v) is 3.97. The zero-order valence-corrected chi connectivity index (χ0v) is 12.6. The van der Waals surface area contributed by atoms with E-state index >= 15 is 0 Å². The van der Waals surface area contributed by atoms with Gasteiger partial charge in [-0.05, 0) is 57.6 Å². The summed E-state index contributed by atoms with van der Waals surface area (Å²) in [5.74, 6) is 0. The number of anilines is 1. The first-order valence-corrected chi connectivity index (χ1v) is 7.46. The molecule has 1 saturated heterocycles. The quantitative estimate of drug-likeness (QED) is 0.767. The van der Waals surface area contributed by atoms with Crippen molar-refractivity contribution in [2.75, 3.05) is 39.5 Å². The molecule has 1 heterocycles. The van der Waals surface area contributed by atoms with E-state index in [-0.39, 0.29) is 6.10 Å². The summed E-state index contributed by atoms with van der Waals surface area (Å²) < 4.78 is 0. The van der Waals surface area contributed by atoms with Gasteiger partial charge in [-0.3, -0.25) is 4.90 Å². The Morgan fingerprint density at radius 2 is 2.00 bits per heavy atom. The van der Waals surface area contributed by atoms with E-state index in [1.54, 1.807) is 0 Å². The zero-order chi connectivity index (χ0) is 14.5. The number of aryl methyl sites for hydroxylation is 1. The van der Waals surface area contributed by atoms with Crippen molar-refractivity contribution in [3.8, 4) is 0 Å². The lowest BCUT2D eigenvalue weighted by Crippen LogP contribution is -2.38. The second-order valence-corrected chi connectivity index (χ2v) is 6.15.